The van der Waals surface area contributed by atoms with Crippen molar-refractivity contribution in [1.29, 1.82) is 0 Å². The maximum absolute atomic E-state index is 13.3. The largest absolute Gasteiger partial charge is 0.280 e. The highest BCUT2D eigenvalue weighted by atomic mass is 32.2. The van der Waals surface area contributed by atoms with Crippen molar-refractivity contribution in [1.82, 2.24) is 3.97 Å². The van der Waals surface area contributed by atoms with Crippen LogP contribution < -0.4 is 0 Å². The van der Waals surface area contributed by atoms with Crippen LogP contribution >= 0.6 is 11.9 Å². The first-order valence-corrected chi connectivity index (χ1v) is 6.72. The number of halogens is 1. The quantitative estimate of drug-likeness (QED) is 0.649. The van der Waals surface area contributed by atoms with Crippen LogP contribution in [0.4, 0.5) is 4.39 Å². The van der Waals surface area contributed by atoms with Crippen LogP contribution in [0, 0.1) is 5.82 Å². The molecule has 1 aromatic heterocycles. The van der Waals surface area contributed by atoms with Gasteiger partial charge in [-0.05, 0) is 54.4 Å². The highest BCUT2D eigenvalue weighted by molar-refractivity contribution is 7.98. The summed E-state index contributed by atoms with van der Waals surface area (Å²) in [6.07, 6.45) is 1.79. The van der Waals surface area contributed by atoms with Gasteiger partial charge in [-0.25, -0.2) is 4.39 Å². The molecule has 3 rings (SSSR count). The molecule has 1 nitrogen and oxygen atoms in total. The second kappa shape index (κ2) is 4.94. The minimum Gasteiger partial charge on any atom is -0.280 e. The highest BCUT2D eigenvalue weighted by Gasteiger charge is 2.08. The van der Waals surface area contributed by atoms with Crippen LogP contribution in [0.3, 0.4) is 0 Å². The molecule has 0 radical (unpaired) electrons. The summed E-state index contributed by atoms with van der Waals surface area (Å²) >= 11 is 1.60. The summed E-state index contributed by atoms with van der Waals surface area (Å²) in [7, 11) is 0. The molecule has 0 aliphatic heterocycles. The van der Waals surface area contributed by atoms with Gasteiger partial charge in [-0.1, -0.05) is 24.8 Å². The summed E-state index contributed by atoms with van der Waals surface area (Å²) in [5.41, 5.74) is 1.96. The number of benzene rings is 2. The van der Waals surface area contributed by atoms with Crippen LogP contribution in [0.15, 0.2) is 66.1 Å². The van der Waals surface area contributed by atoms with E-state index in [1.807, 2.05) is 36.4 Å². The summed E-state index contributed by atoms with van der Waals surface area (Å²) in [6, 6.07) is 16.9. The van der Waals surface area contributed by atoms with E-state index in [-0.39, 0.29) is 5.82 Å². The molecule has 0 N–H and O–H groups in total. The molecular formula is C16H12FNS. The van der Waals surface area contributed by atoms with Crippen molar-refractivity contribution in [2.45, 2.75) is 4.90 Å². The maximum Gasteiger partial charge on any atom is 0.123 e. The molecule has 0 fully saturated rings. The van der Waals surface area contributed by atoms with Gasteiger partial charge in [-0.15, -0.1) is 0 Å². The van der Waals surface area contributed by atoms with Gasteiger partial charge in [-0.3, -0.25) is 3.97 Å². The molecule has 2 aromatic carbocycles. The standard InChI is InChI=1S/C16H12FNS/c1-2-14-11-12-10-13(17)8-9-16(12)18(14)19-15-6-4-3-5-7-15/h2-11H,1H2. The van der Waals surface area contributed by atoms with E-state index in [1.165, 1.54) is 6.07 Å². The van der Waals surface area contributed by atoms with Crippen molar-refractivity contribution in [3.05, 3.63) is 72.7 Å². The van der Waals surface area contributed by atoms with Crippen LogP contribution in [-0.4, -0.2) is 3.97 Å². The number of aromatic nitrogens is 1. The van der Waals surface area contributed by atoms with E-state index in [0.717, 1.165) is 21.5 Å². The van der Waals surface area contributed by atoms with E-state index in [4.69, 9.17) is 0 Å². The van der Waals surface area contributed by atoms with Gasteiger partial charge < -0.3 is 0 Å². The second-order valence-electron chi connectivity index (χ2n) is 4.18. The van der Waals surface area contributed by atoms with Gasteiger partial charge in [0, 0.05) is 10.3 Å². The predicted octanol–water partition coefficient (Wildman–Crippen LogP) is 4.98. The average molecular weight is 269 g/mol. The van der Waals surface area contributed by atoms with Gasteiger partial charge in [0.15, 0.2) is 0 Å². The van der Waals surface area contributed by atoms with Crippen molar-refractivity contribution < 1.29 is 4.39 Å². The first-order valence-electron chi connectivity index (χ1n) is 5.95. The number of fused-ring (bicyclic) bond motifs is 1. The molecule has 0 aliphatic carbocycles. The van der Waals surface area contributed by atoms with Gasteiger partial charge in [0.2, 0.25) is 0 Å². The number of hydrogen-bond acceptors (Lipinski definition) is 1. The van der Waals surface area contributed by atoms with E-state index in [1.54, 1.807) is 30.2 Å². The van der Waals surface area contributed by atoms with Crippen molar-refractivity contribution in [3.8, 4) is 0 Å². The molecule has 0 atom stereocenters. The zero-order chi connectivity index (χ0) is 13.2. The Morgan fingerprint density at radius 2 is 1.84 bits per heavy atom. The molecule has 0 unspecified atom stereocenters. The molecule has 3 aromatic rings. The lowest BCUT2D eigenvalue weighted by Crippen LogP contribution is -1.89. The summed E-state index contributed by atoms with van der Waals surface area (Å²) in [5.74, 6) is -0.218. The topological polar surface area (TPSA) is 4.93 Å². The van der Waals surface area contributed by atoms with Crippen molar-refractivity contribution in [2.24, 2.45) is 0 Å². The first kappa shape index (κ1) is 12.1. The van der Waals surface area contributed by atoms with Crippen LogP contribution in [0.1, 0.15) is 5.69 Å². The normalized spacial score (nSPS) is 10.8. The number of rotatable bonds is 3. The second-order valence-corrected chi connectivity index (χ2v) is 5.19. The minimum absolute atomic E-state index is 0.218. The maximum atomic E-state index is 13.3. The Balaban J connectivity index is 2.13. The number of hydrogen-bond donors (Lipinski definition) is 0. The Morgan fingerprint density at radius 1 is 1.05 bits per heavy atom. The summed E-state index contributed by atoms with van der Waals surface area (Å²) < 4.78 is 15.3. The fraction of sp³-hybridized carbons (Fsp3) is 0. The molecule has 1 heterocycles. The minimum atomic E-state index is -0.218. The monoisotopic (exact) mass is 269 g/mol. The predicted molar refractivity (Wildman–Crippen MR) is 79.7 cm³/mol. The Hall–Kier alpha value is -2.00. The van der Waals surface area contributed by atoms with E-state index in [0.29, 0.717) is 0 Å². The lowest BCUT2D eigenvalue weighted by molar-refractivity contribution is 0.629. The molecule has 0 saturated carbocycles. The van der Waals surface area contributed by atoms with Gasteiger partial charge in [-0.2, -0.15) is 0 Å². The lowest BCUT2D eigenvalue weighted by Gasteiger charge is -2.07. The van der Waals surface area contributed by atoms with E-state index < -0.39 is 0 Å². The third kappa shape index (κ3) is 2.29. The molecule has 0 bridgehead atoms. The zero-order valence-corrected chi connectivity index (χ0v) is 11.0. The number of nitrogens with zero attached hydrogens (tertiary/aromatic N) is 1. The molecule has 94 valence electrons. The fourth-order valence-electron chi connectivity index (χ4n) is 2.01. The summed E-state index contributed by atoms with van der Waals surface area (Å²) in [6.45, 7) is 3.82. The highest BCUT2D eigenvalue weighted by Crippen LogP contribution is 2.30. The van der Waals surface area contributed by atoms with Crippen molar-refractivity contribution >= 4 is 28.9 Å². The smallest absolute Gasteiger partial charge is 0.123 e. The molecular weight excluding hydrogens is 257 g/mol. The molecule has 3 heteroatoms. The molecule has 19 heavy (non-hydrogen) atoms. The van der Waals surface area contributed by atoms with Crippen LogP contribution in [-0.2, 0) is 0 Å². The van der Waals surface area contributed by atoms with Crippen LogP contribution in [0.5, 0.6) is 0 Å². The molecule has 0 saturated heterocycles. The third-order valence-corrected chi connectivity index (χ3v) is 3.97. The Morgan fingerprint density at radius 3 is 2.58 bits per heavy atom. The average Bonchev–Trinajstić information content (AvgIpc) is 2.77. The SMILES string of the molecule is C=Cc1cc2cc(F)ccc2n1Sc1ccccc1. The summed E-state index contributed by atoms with van der Waals surface area (Å²) in [4.78, 5) is 1.13. The molecule has 0 aliphatic rings. The Kier molecular flexibility index (Phi) is 3.13. The van der Waals surface area contributed by atoms with Gasteiger partial charge in [0.1, 0.15) is 5.82 Å². The first-order chi connectivity index (χ1) is 9.28. The van der Waals surface area contributed by atoms with Gasteiger partial charge >= 0.3 is 0 Å². The molecule has 0 amide bonds. The van der Waals surface area contributed by atoms with Crippen LogP contribution in [0.25, 0.3) is 17.0 Å². The summed E-state index contributed by atoms with van der Waals surface area (Å²) in [5, 5.41) is 0.887. The van der Waals surface area contributed by atoms with E-state index >= 15 is 0 Å². The zero-order valence-electron chi connectivity index (χ0n) is 10.2. The van der Waals surface area contributed by atoms with Gasteiger partial charge in [0.05, 0.1) is 11.2 Å². The lowest BCUT2D eigenvalue weighted by atomic mass is 10.2. The fourth-order valence-corrected chi connectivity index (χ4v) is 3.00. The molecule has 0 spiro atoms. The Bertz CT molecular complexity index is 731. The van der Waals surface area contributed by atoms with E-state index in [9.17, 15) is 4.39 Å². The third-order valence-electron chi connectivity index (χ3n) is 2.90. The van der Waals surface area contributed by atoms with Gasteiger partial charge in [0.25, 0.3) is 0 Å². The van der Waals surface area contributed by atoms with Crippen molar-refractivity contribution in [2.75, 3.05) is 0 Å². The Labute approximate surface area is 115 Å². The van der Waals surface area contributed by atoms with Crippen molar-refractivity contribution in [3.63, 3.8) is 0 Å². The van der Waals surface area contributed by atoms with E-state index in [2.05, 4.69) is 10.6 Å². The van der Waals surface area contributed by atoms with Crippen LogP contribution in [0.2, 0.25) is 0 Å².